The molecule has 4 nitrogen and oxygen atoms in total. The van der Waals surface area contributed by atoms with Crippen molar-refractivity contribution in [3.05, 3.63) is 42.3 Å². The van der Waals surface area contributed by atoms with E-state index >= 15 is 0 Å². The zero-order valence-electron chi connectivity index (χ0n) is 13.4. The SMILES string of the molecule is Fc1ccc(-c2ccn(CN3CCN(CC4CC4)CC3)n2)cc1. The molecule has 2 aliphatic rings. The fraction of sp³-hybridized carbons (Fsp3) is 0.500. The normalized spacial score (nSPS) is 20.0. The summed E-state index contributed by atoms with van der Waals surface area (Å²) in [5, 5.41) is 4.62. The van der Waals surface area contributed by atoms with Crippen molar-refractivity contribution in [3.63, 3.8) is 0 Å². The zero-order chi connectivity index (χ0) is 15.6. The average molecular weight is 314 g/mol. The van der Waals surface area contributed by atoms with Crippen LogP contribution < -0.4 is 0 Å². The summed E-state index contributed by atoms with van der Waals surface area (Å²) < 4.78 is 15.0. The Balaban J connectivity index is 1.32. The predicted octanol–water partition coefficient (Wildman–Crippen LogP) is 2.67. The van der Waals surface area contributed by atoms with E-state index < -0.39 is 0 Å². The van der Waals surface area contributed by atoms with Crippen molar-refractivity contribution in [1.82, 2.24) is 19.6 Å². The fourth-order valence-electron chi connectivity index (χ4n) is 3.20. The molecule has 4 rings (SSSR count). The molecule has 1 aromatic carbocycles. The van der Waals surface area contributed by atoms with E-state index in [1.807, 2.05) is 16.9 Å². The molecular weight excluding hydrogens is 291 g/mol. The van der Waals surface area contributed by atoms with Gasteiger partial charge in [0.25, 0.3) is 0 Å². The Morgan fingerprint density at radius 1 is 0.957 bits per heavy atom. The van der Waals surface area contributed by atoms with Gasteiger partial charge in [-0.25, -0.2) is 4.39 Å². The highest BCUT2D eigenvalue weighted by molar-refractivity contribution is 5.58. The highest BCUT2D eigenvalue weighted by Gasteiger charge is 2.26. The van der Waals surface area contributed by atoms with Gasteiger partial charge >= 0.3 is 0 Å². The molecule has 0 radical (unpaired) electrons. The Labute approximate surface area is 136 Å². The van der Waals surface area contributed by atoms with Gasteiger partial charge in [0.1, 0.15) is 5.82 Å². The van der Waals surface area contributed by atoms with Crippen LogP contribution in [0.1, 0.15) is 12.8 Å². The lowest BCUT2D eigenvalue weighted by atomic mass is 10.1. The molecule has 1 aliphatic heterocycles. The minimum atomic E-state index is -0.211. The van der Waals surface area contributed by atoms with Crippen LogP contribution in [0.25, 0.3) is 11.3 Å². The molecule has 1 saturated carbocycles. The molecule has 122 valence electrons. The Morgan fingerprint density at radius 3 is 2.35 bits per heavy atom. The molecule has 0 amide bonds. The number of benzene rings is 1. The first-order chi connectivity index (χ1) is 11.3. The van der Waals surface area contributed by atoms with Crippen LogP contribution in [0.5, 0.6) is 0 Å². The van der Waals surface area contributed by atoms with E-state index in [2.05, 4.69) is 14.9 Å². The van der Waals surface area contributed by atoms with Crippen LogP contribution in [-0.2, 0) is 6.67 Å². The molecular formula is C18H23FN4. The van der Waals surface area contributed by atoms with Gasteiger partial charge in [-0.05, 0) is 49.1 Å². The third-order valence-electron chi connectivity index (χ3n) is 4.80. The Hall–Kier alpha value is -1.72. The lowest BCUT2D eigenvalue weighted by Gasteiger charge is -2.34. The van der Waals surface area contributed by atoms with Crippen LogP contribution in [0, 0.1) is 11.7 Å². The Kier molecular flexibility index (Phi) is 4.14. The summed E-state index contributed by atoms with van der Waals surface area (Å²) in [7, 11) is 0. The predicted molar refractivity (Wildman–Crippen MR) is 88.4 cm³/mol. The molecule has 5 heteroatoms. The molecule has 2 aromatic rings. The second-order valence-electron chi connectivity index (χ2n) is 6.75. The summed E-state index contributed by atoms with van der Waals surface area (Å²) in [6, 6.07) is 8.51. The molecule has 23 heavy (non-hydrogen) atoms. The molecule has 2 fully saturated rings. The van der Waals surface area contributed by atoms with Crippen LogP contribution in [0.2, 0.25) is 0 Å². The Morgan fingerprint density at radius 2 is 1.65 bits per heavy atom. The summed E-state index contributed by atoms with van der Waals surface area (Å²) in [5.74, 6) is 0.767. The molecule has 0 unspecified atom stereocenters. The standard InChI is InChI=1S/C18H23FN4/c19-17-5-3-16(4-6-17)18-7-8-23(20-18)14-22-11-9-21(10-12-22)13-15-1-2-15/h3-8,15H,1-2,9-14H2. The lowest BCUT2D eigenvalue weighted by molar-refractivity contribution is 0.100. The van der Waals surface area contributed by atoms with E-state index in [-0.39, 0.29) is 5.82 Å². The smallest absolute Gasteiger partial charge is 0.123 e. The number of aromatic nitrogens is 2. The number of hydrogen-bond acceptors (Lipinski definition) is 3. The minimum absolute atomic E-state index is 0.211. The highest BCUT2D eigenvalue weighted by atomic mass is 19.1. The number of piperazine rings is 1. The second kappa shape index (κ2) is 6.42. The fourth-order valence-corrected chi connectivity index (χ4v) is 3.20. The van der Waals surface area contributed by atoms with E-state index in [9.17, 15) is 4.39 Å². The van der Waals surface area contributed by atoms with Crippen molar-refractivity contribution < 1.29 is 4.39 Å². The lowest BCUT2D eigenvalue weighted by Crippen LogP contribution is -2.47. The maximum absolute atomic E-state index is 13.0. The van der Waals surface area contributed by atoms with Gasteiger partial charge in [0.15, 0.2) is 0 Å². The van der Waals surface area contributed by atoms with Gasteiger partial charge in [0.2, 0.25) is 0 Å². The molecule has 0 N–H and O–H groups in total. The number of rotatable bonds is 5. The maximum Gasteiger partial charge on any atom is 0.123 e. The average Bonchev–Trinajstić information content (AvgIpc) is 3.26. The third kappa shape index (κ3) is 3.79. The van der Waals surface area contributed by atoms with Crippen LogP contribution in [0.15, 0.2) is 36.5 Å². The molecule has 2 heterocycles. The van der Waals surface area contributed by atoms with Crippen LogP contribution >= 0.6 is 0 Å². The third-order valence-corrected chi connectivity index (χ3v) is 4.80. The monoisotopic (exact) mass is 314 g/mol. The largest absolute Gasteiger partial charge is 0.301 e. The van der Waals surface area contributed by atoms with E-state index in [0.29, 0.717) is 0 Å². The number of hydrogen-bond donors (Lipinski definition) is 0. The van der Waals surface area contributed by atoms with Crippen molar-refractivity contribution in [1.29, 1.82) is 0 Å². The van der Waals surface area contributed by atoms with Crippen molar-refractivity contribution in [2.75, 3.05) is 32.7 Å². The summed E-state index contributed by atoms with van der Waals surface area (Å²) in [5.41, 5.74) is 1.86. The molecule has 0 atom stereocenters. The first-order valence-electron chi connectivity index (χ1n) is 8.50. The second-order valence-corrected chi connectivity index (χ2v) is 6.75. The first-order valence-corrected chi connectivity index (χ1v) is 8.50. The van der Waals surface area contributed by atoms with E-state index in [1.165, 1.54) is 44.6 Å². The molecule has 1 aliphatic carbocycles. The topological polar surface area (TPSA) is 24.3 Å². The highest BCUT2D eigenvalue weighted by Crippen LogP contribution is 2.29. The van der Waals surface area contributed by atoms with Gasteiger partial charge in [-0.2, -0.15) is 5.10 Å². The van der Waals surface area contributed by atoms with Gasteiger partial charge < -0.3 is 4.90 Å². The molecule has 1 saturated heterocycles. The minimum Gasteiger partial charge on any atom is -0.301 e. The van der Waals surface area contributed by atoms with Gasteiger partial charge in [-0.3, -0.25) is 9.58 Å². The van der Waals surface area contributed by atoms with E-state index in [1.54, 1.807) is 12.1 Å². The number of halogens is 1. The quantitative estimate of drug-likeness (QED) is 0.848. The van der Waals surface area contributed by atoms with Crippen molar-refractivity contribution in [3.8, 4) is 11.3 Å². The molecule has 0 spiro atoms. The maximum atomic E-state index is 13.0. The van der Waals surface area contributed by atoms with E-state index in [4.69, 9.17) is 0 Å². The molecule has 1 aromatic heterocycles. The molecule has 0 bridgehead atoms. The Bertz CT molecular complexity index is 639. The first kappa shape index (κ1) is 14.8. The van der Waals surface area contributed by atoms with Gasteiger partial charge in [0, 0.05) is 44.5 Å². The number of nitrogens with zero attached hydrogens (tertiary/aromatic N) is 4. The van der Waals surface area contributed by atoms with Gasteiger partial charge in [-0.15, -0.1) is 0 Å². The van der Waals surface area contributed by atoms with Crippen LogP contribution in [-0.4, -0.2) is 52.3 Å². The summed E-state index contributed by atoms with van der Waals surface area (Å²) in [4.78, 5) is 5.05. The van der Waals surface area contributed by atoms with Crippen LogP contribution in [0.3, 0.4) is 0 Å². The van der Waals surface area contributed by atoms with E-state index in [0.717, 1.165) is 36.9 Å². The summed E-state index contributed by atoms with van der Waals surface area (Å²) in [6.45, 7) is 6.69. The summed E-state index contributed by atoms with van der Waals surface area (Å²) in [6.07, 6.45) is 4.87. The van der Waals surface area contributed by atoms with Crippen LogP contribution in [0.4, 0.5) is 4.39 Å². The van der Waals surface area contributed by atoms with Gasteiger partial charge in [0.05, 0.1) is 12.4 Å². The van der Waals surface area contributed by atoms with Gasteiger partial charge in [-0.1, -0.05) is 0 Å². The van der Waals surface area contributed by atoms with Crippen molar-refractivity contribution in [2.24, 2.45) is 5.92 Å². The summed E-state index contributed by atoms with van der Waals surface area (Å²) >= 11 is 0. The van der Waals surface area contributed by atoms with Crippen molar-refractivity contribution >= 4 is 0 Å². The zero-order valence-corrected chi connectivity index (χ0v) is 13.4. The van der Waals surface area contributed by atoms with Crippen molar-refractivity contribution in [2.45, 2.75) is 19.5 Å².